The summed E-state index contributed by atoms with van der Waals surface area (Å²) in [6, 6.07) is 9.51. The van der Waals surface area contributed by atoms with Crippen LogP contribution in [0, 0.1) is 11.8 Å². The van der Waals surface area contributed by atoms with Crippen molar-refractivity contribution in [1.29, 1.82) is 0 Å². The van der Waals surface area contributed by atoms with Crippen LogP contribution < -0.4 is 10.6 Å². The Labute approximate surface area is 126 Å². The van der Waals surface area contributed by atoms with E-state index in [-0.39, 0.29) is 5.91 Å². The monoisotopic (exact) mass is 285 g/mol. The SMILES string of the molecule is CNc1cc(C(=O)NCC(C)C(C)C)c2ccccc2n1. The van der Waals surface area contributed by atoms with E-state index in [1.807, 2.05) is 24.3 Å². The van der Waals surface area contributed by atoms with Gasteiger partial charge in [0.2, 0.25) is 0 Å². The zero-order valence-electron chi connectivity index (χ0n) is 13.1. The second kappa shape index (κ2) is 6.57. The van der Waals surface area contributed by atoms with Crippen LogP contribution in [0.3, 0.4) is 0 Å². The molecule has 1 aromatic carbocycles. The van der Waals surface area contributed by atoms with Crippen molar-refractivity contribution in [3.05, 3.63) is 35.9 Å². The largest absolute Gasteiger partial charge is 0.373 e. The minimum atomic E-state index is -0.0439. The Hall–Kier alpha value is -2.10. The minimum absolute atomic E-state index is 0.0439. The van der Waals surface area contributed by atoms with Gasteiger partial charge in [-0.2, -0.15) is 0 Å². The van der Waals surface area contributed by atoms with Crippen molar-refractivity contribution in [3.63, 3.8) is 0 Å². The number of hydrogen-bond donors (Lipinski definition) is 2. The molecule has 21 heavy (non-hydrogen) atoms. The van der Waals surface area contributed by atoms with Gasteiger partial charge in [0.15, 0.2) is 0 Å². The van der Waals surface area contributed by atoms with Crippen LogP contribution >= 0.6 is 0 Å². The molecule has 2 aromatic rings. The van der Waals surface area contributed by atoms with Crippen LogP contribution in [0.2, 0.25) is 0 Å². The number of pyridine rings is 1. The van der Waals surface area contributed by atoms with Gasteiger partial charge in [0.1, 0.15) is 5.82 Å². The molecule has 2 N–H and O–H groups in total. The molecule has 2 rings (SSSR count). The van der Waals surface area contributed by atoms with Crippen LogP contribution in [0.4, 0.5) is 5.82 Å². The highest BCUT2D eigenvalue weighted by Crippen LogP contribution is 2.20. The van der Waals surface area contributed by atoms with Gasteiger partial charge < -0.3 is 10.6 Å². The number of hydrogen-bond acceptors (Lipinski definition) is 3. The van der Waals surface area contributed by atoms with Crippen molar-refractivity contribution in [1.82, 2.24) is 10.3 Å². The first-order valence-corrected chi connectivity index (χ1v) is 7.38. The molecular formula is C17H23N3O. The average molecular weight is 285 g/mol. The van der Waals surface area contributed by atoms with Crippen LogP contribution in [0.15, 0.2) is 30.3 Å². The first-order valence-electron chi connectivity index (χ1n) is 7.38. The van der Waals surface area contributed by atoms with E-state index in [0.717, 1.165) is 10.9 Å². The lowest BCUT2D eigenvalue weighted by molar-refractivity contribution is 0.0946. The molecule has 112 valence electrons. The van der Waals surface area contributed by atoms with Crippen molar-refractivity contribution in [2.24, 2.45) is 11.8 Å². The molecule has 0 aliphatic heterocycles. The van der Waals surface area contributed by atoms with Crippen molar-refractivity contribution in [2.45, 2.75) is 20.8 Å². The number of aromatic nitrogens is 1. The second-order valence-corrected chi connectivity index (χ2v) is 5.75. The average Bonchev–Trinajstić information content (AvgIpc) is 2.50. The number of amides is 1. The van der Waals surface area contributed by atoms with Crippen molar-refractivity contribution >= 4 is 22.6 Å². The van der Waals surface area contributed by atoms with Crippen LogP contribution in [0.25, 0.3) is 10.9 Å². The summed E-state index contributed by atoms with van der Waals surface area (Å²) in [4.78, 5) is 17.0. The Morgan fingerprint density at radius 2 is 1.95 bits per heavy atom. The quantitative estimate of drug-likeness (QED) is 0.886. The highest BCUT2D eigenvalue weighted by Gasteiger charge is 2.14. The third-order valence-corrected chi connectivity index (χ3v) is 3.94. The molecule has 0 radical (unpaired) electrons. The molecule has 0 bridgehead atoms. The molecule has 1 atom stereocenters. The summed E-state index contributed by atoms with van der Waals surface area (Å²) < 4.78 is 0. The smallest absolute Gasteiger partial charge is 0.252 e. The van der Waals surface area contributed by atoms with E-state index in [9.17, 15) is 4.79 Å². The van der Waals surface area contributed by atoms with Crippen molar-refractivity contribution in [3.8, 4) is 0 Å². The maximum absolute atomic E-state index is 12.5. The van der Waals surface area contributed by atoms with Gasteiger partial charge in [-0.25, -0.2) is 4.98 Å². The van der Waals surface area contributed by atoms with Gasteiger partial charge in [0.05, 0.1) is 11.1 Å². The fourth-order valence-corrected chi connectivity index (χ4v) is 2.08. The topological polar surface area (TPSA) is 54.0 Å². The first-order chi connectivity index (χ1) is 10.0. The molecule has 0 aliphatic rings. The predicted molar refractivity (Wildman–Crippen MR) is 87.6 cm³/mol. The third kappa shape index (κ3) is 3.51. The number of carbonyl (C=O) groups excluding carboxylic acids is 1. The Balaban J connectivity index is 2.29. The summed E-state index contributed by atoms with van der Waals surface area (Å²) >= 11 is 0. The number of para-hydroxylation sites is 1. The van der Waals surface area contributed by atoms with Crippen molar-refractivity contribution < 1.29 is 4.79 Å². The van der Waals surface area contributed by atoms with Gasteiger partial charge in [-0.05, 0) is 24.0 Å². The second-order valence-electron chi connectivity index (χ2n) is 5.75. The lowest BCUT2D eigenvalue weighted by Crippen LogP contribution is -2.30. The first kappa shape index (κ1) is 15.3. The molecule has 0 fully saturated rings. The maximum Gasteiger partial charge on any atom is 0.252 e. The van der Waals surface area contributed by atoms with Gasteiger partial charge in [-0.1, -0.05) is 39.0 Å². The lowest BCUT2D eigenvalue weighted by atomic mass is 9.98. The molecule has 1 aromatic heterocycles. The molecule has 1 heterocycles. The minimum Gasteiger partial charge on any atom is -0.373 e. The molecule has 1 amide bonds. The molecule has 0 saturated heterocycles. The lowest BCUT2D eigenvalue weighted by Gasteiger charge is -2.16. The van der Waals surface area contributed by atoms with Gasteiger partial charge in [-0.15, -0.1) is 0 Å². The summed E-state index contributed by atoms with van der Waals surface area (Å²) in [6.07, 6.45) is 0. The molecule has 0 spiro atoms. The number of carbonyl (C=O) groups is 1. The Bertz CT molecular complexity index is 637. The molecule has 4 heteroatoms. The number of benzene rings is 1. The fraction of sp³-hybridized carbons (Fsp3) is 0.412. The standard InChI is InChI=1S/C17H23N3O/c1-11(2)12(3)10-19-17(21)14-9-16(18-4)20-15-8-6-5-7-13(14)15/h5-9,11-12H,10H2,1-4H3,(H,18,20)(H,19,21). The zero-order valence-corrected chi connectivity index (χ0v) is 13.1. The summed E-state index contributed by atoms with van der Waals surface area (Å²) in [5.74, 6) is 1.66. The normalized spacial score (nSPS) is 12.4. The molecule has 1 unspecified atom stereocenters. The van der Waals surface area contributed by atoms with Gasteiger partial charge in [0.25, 0.3) is 5.91 Å². The van der Waals surface area contributed by atoms with Gasteiger partial charge >= 0.3 is 0 Å². The summed E-state index contributed by atoms with van der Waals surface area (Å²) in [5, 5.41) is 6.92. The van der Waals surface area contributed by atoms with Gasteiger partial charge in [0, 0.05) is 19.0 Å². The number of fused-ring (bicyclic) bond motifs is 1. The number of nitrogens with zero attached hydrogens (tertiary/aromatic N) is 1. The van der Waals surface area contributed by atoms with Crippen LogP contribution in [-0.2, 0) is 0 Å². The highest BCUT2D eigenvalue weighted by atomic mass is 16.1. The van der Waals surface area contributed by atoms with E-state index >= 15 is 0 Å². The number of nitrogens with one attached hydrogen (secondary N) is 2. The van der Waals surface area contributed by atoms with E-state index in [1.165, 1.54) is 0 Å². The summed E-state index contributed by atoms with van der Waals surface area (Å²) in [5.41, 5.74) is 1.49. The van der Waals surface area contributed by atoms with Crippen LogP contribution in [0.1, 0.15) is 31.1 Å². The van der Waals surface area contributed by atoms with E-state index in [1.54, 1.807) is 13.1 Å². The maximum atomic E-state index is 12.5. The zero-order chi connectivity index (χ0) is 15.4. The Kier molecular flexibility index (Phi) is 4.78. The third-order valence-electron chi connectivity index (χ3n) is 3.94. The number of anilines is 1. The van der Waals surface area contributed by atoms with Gasteiger partial charge in [-0.3, -0.25) is 4.79 Å². The van der Waals surface area contributed by atoms with E-state index in [4.69, 9.17) is 0 Å². The molecule has 0 saturated carbocycles. The van der Waals surface area contributed by atoms with E-state index in [2.05, 4.69) is 36.4 Å². The highest BCUT2D eigenvalue weighted by molar-refractivity contribution is 6.06. The Morgan fingerprint density at radius 3 is 2.62 bits per heavy atom. The molecule has 0 aliphatic carbocycles. The predicted octanol–water partition coefficient (Wildman–Crippen LogP) is 3.30. The Morgan fingerprint density at radius 1 is 1.24 bits per heavy atom. The van der Waals surface area contributed by atoms with Crippen LogP contribution in [-0.4, -0.2) is 24.5 Å². The van der Waals surface area contributed by atoms with E-state index < -0.39 is 0 Å². The summed E-state index contributed by atoms with van der Waals surface area (Å²) in [7, 11) is 1.81. The molecule has 4 nitrogen and oxygen atoms in total. The van der Waals surface area contributed by atoms with Crippen molar-refractivity contribution in [2.75, 3.05) is 18.9 Å². The van der Waals surface area contributed by atoms with Crippen LogP contribution in [0.5, 0.6) is 0 Å². The number of rotatable bonds is 5. The summed E-state index contributed by atoms with van der Waals surface area (Å²) in [6.45, 7) is 7.16. The van der Waals surface area contributed by atoms with E-state index in [0.29, 0.717) is 29.8 Å². The molecular weight excluding hydrogens is 262 g/mol. The fourth-order valence-electron chi connectivity index (χ4n) is 2.08.